The minimum Gasteiger partial charge on any atom is -0.341 e. The number of amides is 1. The highest BCUT2D eigenvalue weighted by Crippen LogP contribution is 2.23. The number of carbonyl (C=O) groups excluding carboxylic acids is 1. The van der Waals surface area contributed by atoms with Gasteiger partial charge in [-0.3, -0.25) is 10.1 Å². The number of rotatable bonds is 4. The Hall–Kier alpha value is -2.61. The SMILES string of the molecule is O=C(Nc1ncc(Cc2ccc(F)cc2F)s1)c1cnc[nH]1. The first kappa shape index (κ1) is 14.3. The smallest absolute Gasteiger partial charge is 0.275 e. The maximum atomic E-state index is 13.6. The molecule has 3 aromatic rings. The summed E-state index contributed by atoms with van der Waals surface area (Å²) in [4.78, 5) is 23.1. The van der Waals surface area contributed by atoms with Crippen LogP contribution in [0.15, 0.2) is 36.9 Å². The van der Waals surface area contributed by atoms with Crippen molar-refractivity contribution in [2.45, 2.75) is 6.42 Å². The van der Waals surface area contributed by atoms with Crippen molar-refractivity contribution in [2.24, 2.45) is 0 Å². The summed E-state index contributed by atoms with van der Waals surface area (Å²) in [7, 11) is 0. The molecule has 2 heterocycles. The Labute approximate surface area is 128 Å². The van der Waals surface area contributed by atoms with Gasteiger partial charge in [0.1, 0.15) is 17.3 Å². The van der Waals surface area contributed by atoms with Gasteiger partial charge in [-0.15, -0.1) is 11.3 Å². The van der Waals surface area contributed by atoms with E-state index in [0.717, 1.165) is 10.9 Å². The summed E-state index contributed by atoms with van der Waals surface area (Å²) in [5, 5.41) is 3.02. The summed E-state index contributed by atoms with van der Waals surface area (Å²) in [6.07, 6.45) is 4.64. The van der Waals surface area contributed by atoms with Crippen LogP contribution in [0.4, 0.5) is 13.9 Å². The van der Waals surface area contributed by atoms with E-state index in [0.29, 0.717) is 16.4 Å². The predicted molar refractivity (Wildman–Crippen MR) is 77.8 cm³/mol. The molecular formula is C14H10F2N4OS. The number of carbonyl (C=O) groups is 1. The average molecular weight is 320 g/mol. The third-order valence-corrected chi connectivity index (χ3v) is 3.81. The molecule has 0 saturated carbocycles. The number of nitrogens with one attached hydrogen (secondary N) is 2. The van der Waals surface area contributed by atoms with Gasteiger partial charge in [0, 0.05) is 23.6 Å². The second-order valence-electron chi connectivity index (χ2n) is 4.46. The monoisotopic (exact) mass is 320 g/mol. The molecule has 0 fully saturated rings. The molecule has 0 aliphatic rings. The van der Waals surface area contributed by atoms with Crippen molar-refractivity contribution in [3.8, 4) is 0 Å². The molecule has 112 valence electrons. The third kappa shape index (κ3) is 3.17. The van der Waals surface area contributed by atoms with Crippen LogP contribution in [0.3, 0.4) is 0 Å². The lowest BCUT2D eigenvalue weighted by Gasteiger charge is -2.00. The second-order valence-corrected chi connectivity index (χ2v) is 5.58. The van der Waals surface area contributed by atoms with Crippen LogP contribution in [0.25, 0.3) is 0 Å². The Kier molecular flexibility index (Phi) is 3.92. The van der Waals surface area contributed by atoms with Gasteiger partial charge in [-0.2, -0.15) is 0 Å². The number of nitrogens with zero attached hydrogens (tertiary/aromatic N) is 2. The van der Waals surface area contributed by atoms with Crippen LogP contribution >= 0.6 is 11.3 Å². The van der Waals surface area contributed by atoms with E-state index < -0.39 is 11.6 Å². The number of anilines is 1. The van der Waals surface area contributed by atoms with Gasteiger partial charge in [0.05, 0.1) is 12.5 Å². The fourth-order valence-electron chi connectivity index (χ4n) is 1.84. The zero-order valence-electron chi connectivity index (χ0n) is 11.1. The van der Waals surface area contributed by atoms with Crippen molar-refractivity contribution in [1.29, 1.82) is 0 Å². The first-order chi connectivity index (χ1) is 10.6. The molecule has 3 rings (SSSR count). The second kappa shape index (κ2) is 6.02. The topological polar surface area (TPSA) is 70.7 Å². The van der Waals surface area contributed by atoms with Crippen LogP contribution in [-0.2, 0) is 6.42 Å². The Morgan fingerprint density at radius 2 is 2.18 bits per heavy atom. The highest BCUT2D eigenvalue weighted by molar-refractivity contribution is 7.15. The van der Waals surface area contributed by atoms with Crippen molar-refractivity contribution in [1.82, 2.24) is 15.0 Å². The van der Waals surface area contributed by atoms with Gasteiger partial charge in [-0.1, -0.05) is 6.07 Å². The highest BCUT2D eigenvalue weighted by atomic mass is 32.1. The average Bonchev–Trinajstić information content (AvgIpc) is 3.13. The molecule has 0 bridgehead atoms. The quantitative estimate of drug-likeness (QED) is 0.776. The van der Waals surface area contributed by atoms with Crippen LogP contribution in [0.5, 0.6) is 0 Å². The molecule has 0 atom stereocenters. The molecule has 2 N–H and O–H groups in total. The normalized spacial score (nSPS) is 10.6. The van der Waals surface area contributed by atoms with Gasteiger partial charge in [-0.05, 0) is 11.6 Å². The molecule has 2 aromatic heterocycles. The molecule has 0 unspecified atom stereocenters. The molecule has 5 nitrogen and oxygen atoms in total. The van der Waals surface area contributed by atoms with Gasteiger partial charge in [0.25, 0.3) is 5.91 Å². The molecule has 1 aromatic carbocycles. The summed E-state index contributed by atoms with van der Waals surface area (Å²) in [6.45, 7) is 0. The zero-order valence-corrected chi connectivity index (χ0v) is 12.0. The van der Waals surface area contributed by atoms with E-state index in [1.165, 1.54) is 36.0 Å². The molecule has 0 spiro atoms. The van der Waals surface area contributed by atoms with Crippen molar-refractivity contribution in [3.05, 3.63) is 64.7 Å². The summed E-state index contributed by atoms with van der Waals surface area (Å²) >= 11 is 1.23. The number of aromatic nitrogens is 3. The van der Waals surface area contributed by atoms with E-state index >= 15 is 0 Å². The molecule has 8 heteroatoms. The van der Waals surface area contributed by atoms with Gasteiger partial charge in [0.15, 0.2) is 5.13 Å². The van der Waals surface area contributed by atoms with Gasteiger partial charge >= 0.3 is 0 Å². The van der Waals surface area contributed by atoms with Gasteiger partial charge in [0.2, 0.25) is 0 Å². The van der Waals surface area contributed by atoms with Crippen LogP contribution < -0.4 is 5.32 Å². The number of thiazole rings is 1. The summed E-state index contributed by atoms with van der Waals surface area (Å²) in [6, 6.07) is 3.45. The molecule has 0 radical (unpaired) electrons. The lowest BCUT2D eigenvalue weighted by atomic mass is 10.1. The highest BCUT2D eigenvalue weighted by Gasteiger charge is 2.11. The molecule has 0 aliphatic heterocycles. The maximum Gasteiger partial charge on any atom is 0.275 e. The largest absolute Gasteiger partial charge is 0.341 e. The van der Waals surface area contributed by atoms with E-state index in [1.54, 1.807) is 6.20 Å². The van der Waals surface area contributed by atoms with E-state index in [9.17, 15) is 13.6 Å². The number of aromatic amines is 1. The third-order valence-electron chi connectivity index (χ3n) is 2.90. The minimum atomic E-state index is -0.613. The van der Waals surface area contributed by atoms with Crippen molar-refractivity contribution >= 4 is 22.4 Å². The number of hydrogen-bond acceptors (Lipinski definition) is 4. The minimum absolute atomic E-state index is 0.281. The van der Waals surface area contributed by atoms with Crippen molar-refractivity contribution < 1.29 is 13.6 Å². The van der Waals surface area contributed by atoms with Crippen LogP contribution in [-0.4, -0.2) is 20.9 Å². The molecule has 1 amide bonds. The van der Waals surface area contributed by atoms with E-state index in [4.69, 9.17) is 0 Å². The molecular weight excluding hydrogens is 310 g/mol. The summed E-state index contributed by atoms with van der Waals surface area (Å²) in [5.74, 6) is -1.57. The predicted octanol–water partition coefficient (Wildman–Crippen LogP) is 2.99. The van der Waals surface area contributed by atoms with Gasteiger partial charge < -0.3 is 4.98 Å². The van der Waals surface area contributed by atoms with Crippen molar-refractivity contribution in [3.63, 3.8) is 0 Å². The Balaban J connectivity index is 1.70. The Bertz CT molecular complexity index is 801. The fraction of sp³-hybridized carbons (Fsp3) is 0.0714. The first-order valence-corrected chi connectivity index (χ1v) is 7.12. The lowest BCUT2D eigenvalue weighted by Crippen LogP contribution is -2.11. The Morgan fingerprint density at radius 3 is 2.91 bits per heavy atom. The van der Waals surface area contributed by atoms with Gasteiger partial charge in [-0.25, -0.2) is 18.7 Å². The maximum absolute atomic E-state index is 13.6. The van der Waals surface area contributed by atoms with E-state index in [2.05, 4.69) is 20.3 Å². The summed E-state index contributed by atoms with van der Waals surface area (Å²) in [5.41, 5.74) is 0.692. The zero-order chi connectivity index (χ0) is 15.5. The van der Waals surface area contributed by atoms with E-state index in [1.807, 2.05) is 0 Å². The number of H-pyrrole nitrogens is 1. The molecule has 22 heavy (non-hydrogen) atoms. The first-order valence-electron chi connectivity index (χ1n) is 6.30. The number of halogens is 2. The molecule has 0 aliphatic carbocycles. The molecule has 0 saturated heterocycles. The van der Waals surface area contributed by atoms with Crippen LogP contribution in [0.1, 0.15) is 20.9 Å². The van der Waals surface area contributed by atoms with Crippen LogP contribution in [0, 0.1) is 11.6 Å². The Morgan fingerprint density at radius 1 is 1.32 bits per heavy atom. The summed E-state index contributed by atoms with van der Waals surface area (Å²) < 4.78 is 26.5. The fourth-order valence-corrected chi connectivity index (χ4v) is 2.67. The number of hydrogen-bond donors (Lipinski definition) is 2. The van der Waals surface area contributed by atoms with Crippen molar-refractivity contribution in [2.75, 3.05) is 5.32 Å². The standard InChI is InChI=1S/C14H10F2N4OS/c15-9-2-1-8(11(16)4-9)3-10-5-18-14(22-10)20-13(21)12-6-17-7-19-12/h1-2,4-7H,3H2,(H,17,19)(H,18,20,21). The van der Waals surface area contributed by atoms with Crippen LogP contribution in [0.2, 0.25) is 0 Å². The number of benzene rings is 1. The number of imidazole rings is 1. The van der Waals surface area contributed by atoms with E-state index in [-0.39, 0.29) is 12.3 Å². The lowest BCUT2D eigenvalue weighted by molar-refractivity contribution is 0.102.